The second-order valence-electron chi connectivity index (χ2n) is 2.63. The lowest BCUT2D eigenvalue weighted by Crippen LogP contribution is -2.02. The van der Waals surface area contributed by atoms with E-state index in [-0.39, 0.29) is 18.2 Å². The van der Waals surface area contributed by atoms with E-state index < -0.39 is 4.92 Å². The number of halogens is 1. The average molecular weight is 232 g/mol. The van der Waals surface area contributed by atoms with E-state index in [4.69, 9.17) is 21.1 Å². The molecule has 0 bridgehead atoms. The molecule has 0 atom stereocenters. The van der Waals surface area contributed by atoms with E-state index in [2.05, 4.69) is 0 Å². The van der Waals surface area contributed by atoms with E-state index in [0.717, 1.165) is 0 Å². The quantitative estimate of drug-likeness (QED) is 0.338. The average Bonchev–Trinajstić information content (AvgIpc) is 2.20. The van der Waals surface area contributed by atoms with Gasteiger partial charge in [-0.05, 0) is 13.0 Å². The first-order chi connectivity index (χ1) is 7.15. The Balaban J connectivity index is 2.76. The molecule has 82 valence electrons. The molecular weight excluding hydrogens is 222 g/mol. The Morgan fingerprint density at radius 1 is 1.53 bits per heavy atom. The topological polar surface area (TPSA) is 61.6 Å². The summed E-state index contributed by atoms with van der Waals surface area (Å²) in [4.78, 5) is 9.96. The minimum absolute atomic E-state index is 0.0252. The third kappa shape index (κ3) is 3.38. The maximum Gasteiger partial charge on any atom is 0.273 e. The first-order valence-corrected chi connectivity index (χ1v) is 4.67. The zero-order valence-corrected chi connectivity index (χ0v) is 8.86. The van der Waals surface area contributed by atoms with Gasteiger partial charge < -0.3 is 9.47 Å². The monoisotopic (exact) mass is 231 g/mol. The lowest BCUT2D eigenvalue weighted by molar-refractivity contribution is -0.384. The highest BCUT2D eigenvalue weighted by Crippen LogP contribution is 2.28. The summed E-state index contributed by atoms with van der Waals surface area (Å²) in [6, 6.07) is 4.00. The van der Waals surface area contributed by atoms with Crippen LogP contribution in [0.5, 0.6) is 5.75 Å². The van der Waals surface area contributed by atoms with Gasteiger partial charge in [-0.2, -0.15) is 0 Å². The van der Waals surface area contributed by atoms with E-state index >= 15 is 0 Å². The summed E-state index contributed by atoms with van der Waals surface area (Å²) in [5.41, 5.74) is -0.0640. The van der Waals surface area contributed by atoms with Crippen molar-refractivity contribution in [3.63, 3.8) is 0 Å². The van der Waals surface area contributed by atoms with Crippen LogP contribution in [0.25, 0.3) is 0 Å². The van der Waals surface area contributed by atoms with Crippen LogP contribution >= 0.6 is 11.6 Å². The molecule has 0 unspecified atom stereocenters. The normalized spacial score (nSPS) is 10.0. The lowest BCUT2D eigenvalue weighted by atomic mass is 10.3. The van der Waals surface area contributed by atoms with Crippen LogP contribution in [0, 0.1) is 10.1 Å². The van der Waals surface area contributed by atoms with E-state index in [1.54, 1.807) is 0 Å². The van der Waals surface area contributed by atoms with E-state index in [1.807, 2.05) is 6.92 Å². The van der Waals surface area contributed by atoms with Gasteiger partial charge in [0.25, 0.3) is 5.69 Å². The second-order valence-corrected chi connectivity index (χ2v) is 3.03. The highest BCUT2D eigenvalue weighted by molar-refractivity contribution is 6.32. The minimum Gasteiger partial charge on any atom is -0.466 e. The van der Waals surface area contributed by atoms with Gasteiger partial charge in [-0.25, -0.2) is 0 Å². The molecule has 0 aromatic heterocycles. The van der Waals surface area contributed by atoms with Crippen LogP contribution < -0.4 is 4.74 Å². The number of benzene rings is 1. The number of nitro groups is 1. The van der Waals surface area contributed by atoms with Gasteiger partial charge in [-0.15, -0.1) is 0 Å². The van der Waals surface area contributed by atoms with Gasteiger partial charge in [-0.1, -0.05) is 11.6 Å². The zero-order valence-electron chi connectivity index (χ0n) is 8.10. The van der Waals surface area contributed by atoms with Crippen molar-refractivity contribution in [2.24, 2.45) is 0 Å². The fourth-order valence-electron chi connectivity index (χ4n) is 0.905. The molecule has 1 aromatic carbocycles. The third-order valence-electron chi connectivity index (χ3n) is 1.63. The highest BCUT2D eigenvalue weighted by atomic mass is 35.5. The number of nitrogens with zero attached hydrogens (tertiary/aromatic N) is 1. The van der Waals surface area contributed by atoms with Gasteiger partial charge in [0.05, 0.1) is 16.0 Å². The summed E-state index contributed by atoms with van der Waals surface area (Å²) in [6.45, 7) is 2.35. The molecule has 0 saturated heterocycles. The molecule has 5 nitrogen and oxygen atoms in total. The maximum atomic E-state index is 10.5. The summed E-state index contributed by atoms with van der Waals surface area (Å²) < 4.78 is 10.1. The highest BCUT2D eigenvalue weighted by Gasteiger charge is 2.10. The molecule has 0 amide bonds. The number of hydrogen-bond acceptors (Lipinski definition) is 4. The number of non-ortho nitro benzene ring substituents is 1. The standard InChI is InChI=1S/C9H10ClNO4/c1-2-14-6-15-9-5-7(11(12)13)3-4-8(9)10/h3-5H,2,6H2,1H3. The molecule has 0 aliphatic heterocycles. The molecule has 15 heavy (non-hydrogen) atoms. The van der Waals surface area contributed by atoms with Crippen LogP contribution in [-0.4, -0.2) is 18.3 Å². The van der Waals surface area contributed by atoms with Crippen LogP contribution in [-0.2, 0) is 4.74 Å². The summed E-state index contributed by atoms with van der Waals surface area (Å²) in [5, 5.41) is 10.8. The molecule has 6 heteroatoms. The van der Waals surface area contributed by atoms with Crippen LogP contribution in [0.2, 0.25) is 5.02 Å². The molecule has 0 aliphatic rings. The fraction of sp³-hybridized carbons (Fsp3) is 0.333. The zero-order chi connectivity index (χ0) is 11.3. The van der Waals surface area contributed by atoms with Crippen molar-refractivity contribution in [3.05, 3.63) is 33.3 Å². The summed E-state index contributed by atoms with van der Waals surface area (Å²) >= 11 is 5.78. The Hall–Kier alpha value is -1.33. The van der Waals surface area contributed by atoms with Crippen molar-refractivity contribution in [3.8, 4) is 5.75 Å². The van der Waals surface area contributed by atoms with Gasteiger partial charge in [-0.3, -0.25) is 10.1 Å². The Morgan fingerprint density at radius 3 is 2.87 bits per heavy atom. The van der Waals surface area contributed by atoms with Crippen molar-refractivity contribution in [1.29, 1.82) is 0 Å². The fourth-order valence-corrected chi connectivity index (χ4v) is 1.08. The summed E-state index contributed by atoms with van der Waals surface area (Å²) in [6.07, 6.45) is 0. The molecule has 0 saturated carbocycles. The number of rotatable bonds is 5. The van der Waals surface area contributed by atoms with Crippen LogP contribution in [0.4, 0.5) is 5.69 Å². The number of ether oxygens (including phenoxy) is 2. The van der Waals surface area contributed by atoms with E-state index in [0.29, 0.717) is 11.6 Å². The Kier molecular flexibility index (Phi) is 4.33. The molecular formula is C9H10ClNO4. The SMILES string of the molecule is CCOCOc1cc([N+](=O)[O-])ccc1Cl. The van der Waals surface area contributed by atoms with Crippen LogP contribution in [0.3, 0.4) is 0 Å². The molecule has 0 radical (unpaired) electrons. The molecule has 1 aromatic rings. The van der Waals surface area contributed by atoms with Crippen molar-refractivity contribution < 1.29 is 14.4 Å². The van der Waals surface area contributed by atoms with Gasteiger partial charge in [0, 0.05) is 12.7 Å². The third-order valence-corrected chi connectivity index (χ3v) is 1.94. The number of nitro benzene ring substituents is 1. The maximum absolute atomic E-state index is 10.5. The van der Waals surface area contributed by atoms with Gasteiger partial charge in [0.2, 0.25) is 0 Å². The predicted molar refractivity (Wildman–Crippen MR) is 55.2 cm³/mol. The predicted octanol–water partition coefficient (Wildman–Crippen LogP) is 2.62. The molecule has 0 heterocycles. The molecule has 1 rings (SSSR count). The Labute approximate surface area is 91.7 Å². The summed E-state index contributed by atoms with van der Waals surface area (Å²) in [7, 11) is 0. The Bertz CT molecular complexity index is 356. The number of hydrogen-bond donors (Lipinski definition) is 0. The first-order valence-electron chi connectivity index (χ1n) is 4.29. The van der Waals surface area contributed by atoms with Crippen molar-refractivity contribution >= 4 is 17.3 Å². The van der Waals surface area contributed by atoms with Crippen molar-refractivity contribution in [2.45, 2.75) is 6.92 Å². The van der Waals surface area contributed by atoms with Gasteiger partial charge in [0.1, 0.15) is 5.75 Å². The van der Waals surface area contributed by atoms with Gasteiger partial charge in [0.15, 0.2) is 6.79 Å². The minimum atomic E-state index is -0.510. The Morgan fingerprint density at radius 2 is 2.27 bits per heavy atom. The second kappa shape index (κ2) is 5.53. The molecule has 0 N–H and O–H groups in total. The largest absolute Gasteiger partial charge is 0.466 e. The van der Waals surface area contributed by atoms with Gasteiger partial charge >= 0.3 is 0 Å². The molecule has 0 aliphatic carbocycles. The molecule has 0 spiro atoms. The molecule has 0 fully saturated rings. The van der Waals surface area contributed by atoms with Crippen molar-refractivity contribution in [1.82, 2.24) is 0 Å². The van der Waals surface area contributed by atoms with Crippen LogP contribution in [0.1, 0.15) is 6.92 Å². The van der Waals surface area contributed by atoms with Crippen molar-refractivity contribution in [2.75, 3.05) is 13.4 Å². The van der Waals surface area contributed by atoms with Crippen LogP contribution in [0.15, 0.2) is 18.2 Å². The van der Waals surface area contributed by atoms with E-state index in [1.165, 1.54) is 18.2 Å². The lowest BCUT2D eigenvalue weighted by Gasteiger charge is -2.06. The smallest absolute Gasteiger partial charge is 0.273 e. The first kappa shape index (κ1) is 11.7. The van der Waals surface area contributed by atoms with E-state index in [9.17, 15) is 10.1 Å². The summed E-state index contributed by atoms with van der Waals surface area (Å²) in [5.74, 6) is 0.249.